The second-order valence-electron chi connectivity index (χ2n) is 2.53. The molecule has 0 aliphatic carbocycles. The monoisotopic (exact) mass is 139 g/mol. The van der Waals surface area contributed by atoms with Crippen LogP contribution in [0.5, 0.6) is 0 Å². The van der Waals surface area contributed by atoms with Crippen LogP contribution in [0.25, 0.3) is 0 Å². The highest BCUT2D eigenvalue weighted by molar-refractivity contribution is 4.59. The largest absolute Gasteiger partial charge is 0.241 e. The first-order chi connectivity index (χ1) is 4.73. The molecule has 10 heavy (non-hydrogen) atoms. The van der Waals surface area contributed by atoms with Crippen molar-refractivity contribution in [3.63, 3.8) is 0 Å². The molecule has 56 valence electrons. The fourth-order valence-electron chi connectivity index (χ4n) is 0.205. The Morgan fingerprint density at radius 1 is 1.00 bits per heavy atom. The van der Waals surface area contributed by atoms with Crippen LogP contribution in [0, 0.1) is 5.92 Å². The van der Waals surface area contributed by atoms with Crippen LogP contribution in [0.1, 0.15) is 20.8 Å². The van der Waals surface area contributed by atoms with E-state index in [4.69, 9.17) is 0 Å². The zero-order chi connectivity index (χ0) is 7.82. The third-order valence-electron chi connectivity index (χ3n) is 0.404. The lowest BCUT2D eigenvalue weighted by Gasteiger charge is -1.79. The molecule has 0 fully saturated rings. The molecule has 0 saturated carbocycles. The fraction of sp³-hybridized carbons (Fsp3) is 0.571. The molecule has 0 atom stereocenters. The molecule has 0 aliphatic heterocycles. The molecule has 0 aromatic carbocycles. The molecule has 0 unspecified atom stereocenters. The average molecular weight is 139 g/mol. The van der Waals surface area contributed by atoms with Crippen molar-refractivity contribution in [3.05, 3.63) is 18.7 Å². The highest BCUT2D eigenvalue weighted by Crippen LogP contribution is 1.81. The van der Waals surface area contributed by atoms with Gasteiger partial charge in [0.2, 0.25) is 0 Å². The predicted octanol–water partition coefficient (Wildman–Crippen LogP) is 1.53. The van der Waals surface area contributed by atoms with Crippen LogP contribution in [-0.4, -0.2) is 15.2 Å². The standard InChI is InChI=1S/C4H10.C3H3N3/c1-4(2)3;1-2-5-6-3-4-1/h4H,1-3H3;1-3H. The summed E-state index contributed by atoms with van der Waals surface area (Å²) >= 11 is 0. The lowest BCUT2D eigenvalue weighted by molar-refractivity contribution is 0.737. The Bertz CT molecular complexity index is 109. The maximum Gasteiger partial charge on any atom is 0.138 e. The average Bonchev–Trinajstić information content (AvgIpc) is 1.90. The van der Waals surface area contributed by atoms with Gasteiger partial charge in [0.1, 0.15) is 6.33 Å². The van der Waals surface area contributed by atoms with Gasteiger partial charge >= 0.3 is 0 Å². The van der Waals surface area contributed by atoms with E-state index in [0.717, 1.165) is 5.92 Å². The second kappa shape index (κ2) is 6.13. The minimum Gasteiger partial charge on any atom is -0.241 e. The van der Waals surface area contributed by atoms with Gasteiger partial charge in [-0.1, -0.05) is 20.8 Å². The van der Waals surface area contributed by atoms with Crippen molar-refractivity contribution in [1.29, 1.82) is 0 Å². The van der Waals surface area contributed by atoms with Gasteiger partial charge in [0.15, 0.2) is 0 Å². The van der Waals surface area contributed by atoms with E-state index in [1.54, 1.807) is 6.20 Å². The van der Waals surface area contributed by atoms with Gasteiger partial charge in [-0.25, -0.2) is 4.98 Å². The fourth-order valence-corrected chi connectivity index (χ4v) is 0.205. The molecular formula is C7H13N3. The summed E-state index contributed by atoms with van der Waals surface area (Å²) in [5, 5.41) is 6.90. The molecule has 0 radical (unpaired) electrons. The van der Waals surface area contributed by atoms with Gasteiger partial charge in [-0.15, -0.1) is 5.10 Å². The molecule has 1 aromatic heterocycles. The molecule has 0 amide bonds. The summed E-state index contributed by atoms with van der Waals surface area (Å²) in [6, 6.07) is 0. The first-order valence-corrected chi connectivity index (χ1v) is 3.30. The molecule has 1 aromatic rings. The van der Waals surface area contributed by atoms with Gasteiger partial charge in [-0.2, -0.15) is 5.10 Å². The number of hydrogen-bond acceptors (Lipinski definition) is 3. The van der Waals surface area contributed by atoms with Crippen LogP contribution < -0.4 is 0 Å². The Labute approximate surface area is 61.5 Å². The van der Waals surface area contributed by atoms with Crippen molar-refractivity contribution in [2.24, 2.45) is 5.92 Å². The van der Waals surface area contributed by atoms with E-state index in [1.165, 1.54) is 12.5 Å². The predicted molar refractivity (Wildman–Crippen MR) is 40.3 cm³/mol. The molecule has 0 spiro atoms. The van der Waals surface area contributed by atoms with Crippen LogP contribution in [0.4, 0.5) is 0 Å². The topological polar surface area (TPSA) is 38.7 Å². The van der Waals surface area contributed by atoms with Crippen molar-refractivity contribution in [1.82, 2.24) is 15.2 Å². The molecule has 0 saturated heterocycles. The van der Waals surface area contributed by atoms with E-state index in [1.807, 2.05) is 0 Å². The summed E-state index contributed by atoms with van der Waals surface area (Å²) in [4.78, 5) is 3.61. The molecule has 0 aliphatic rings. The summed E-state index contributed by atoms with van der Waals surface area (Å²) in [6.45, 7) is 6.50. The van der Waals surface area contributed by atoms with Crippen LogP contribution in [0.15, 0.2) is 18.7 Å². The summed E-state index contributed by atoms with van der Waals surface area (Å²) < 4.78 is 0. The Morgan fingerprint density at radius 3 is 1.70 bits per heavy atom. The van der Waals surface area contributed by atoms with E-state index in [2.05, 4.69) is 36.0 Å². The Hall–Kier alpha value is -0.990. The third-order valence-corrected chi connectivity index (χ3v) is 0.404. The maximum absolute atomic E-state index is 3.61. The Morgan fingerprint density at radius 2 is 1.60 bits per heavy atom. The summed E-state index contributed by atoms with van der Waals surface area (Å²) in [6.07, 6.45) is 4.49. The molecule has 3 nitrogen and oxygen atoms in total. The lowest BCUT2D eigenvalue weighted by Crippen LogP contribution is -1.75. The van der Waals surface area contributed by atoms with E-state index in [9.17, 15) is 0 Å². The minimum absolute atomic E-state index is 0.833. The van der Waals surface area contributed by atoms with E-state index in [0.29, 0.717) is 0 Å². The van der Waals surface area contributed by atoms with Crippen LogP contribution >= 0.6 is 0 Å². The normalized spacial score (nSPS) is 8.40. The van der Waals surface area contributed by atoms with Crippen molar-refractivity contribution >= 4 is 0 Å². The Balaban J connectivity index is 0.000000180. The number of aromatic nitrogens is 3. The van der Waals surface area contributed by atoms with Crippen LogP contribution in [0.3, 0.4) is 0 Å². The zero-order valence-corrected chi connectivity index (χ0v) is 6.65. The lowest BCUT2D eigenvalue weighted by atomic mass is 10.3. The molecule has 1 rings (SSSR count). The maximum atomic E-state index is 3.61. The van der Waals surface area contributed by atoms with Crippen LogP contribution in [0.2, 0.25) is 0 Å². The third kappa shape index (κ3) is 10.1. The molecule has 1 heterocycles. The van der Waals surface area contributed by atoms with E-state index < -0.39 is 0 Å². The smallest absolute Gasteiger partial charge is 0.138 e. The summed E-state index contributed by atoms with van der Waals surface area (Å²) in [5.74, 6) is 0.833. The first kappa shape index (κ1) is 9.01. The van der Waals surface area contributed by atoms with Gasteiger partial charge in [-0.05, 0) is 5.92 Å². The van der Waals surface area contributed by atoms with Crippen molar-refractivity contribution in [2.75, 3.05) is 0 Å². The SMILES string of the molecule is CC(C)C.c1cnncn1. The zero-order valence-electron chi connectivity index (χ0n) is 6.65. The van der Waals surface area contributed by atoms with Gasteiger partial charge in [-0.3, -0.25) is 0 Å². The van der Waals surface area contributed by atoms with Gasteiger partial charge in [0.25, 0.3) is 0 Å². The molecule has 0 bridgehead atoms. The van der Waals surface area contributed by atoms with Gasteiger partial charge < -0.3 is 0 Å². The van der Waals surface area contributed by atoms with E-state index in [-0.39, 0.29) is 0 Å². The highest BCUT2D eigenvalue weighted by Gasteiger charge is 1.68. The number of hydrogen-bond donors (Lipinski definition) is 0. The highest BCUT2D eigenvalue weighted by atomic mass is 15.1. The van der Waals surface area contributed by atoms with Crippen molar-refractivity contribution in [3.8, 4) is 0 Å². The van der Waals surface area contributed by atoms with Crippen LogP contribution in [-0.2, 0) is 0 Å². The minimum atomic E-state index is 0.833. The molecule has 3 heteroatoms. The second-order valence-corrected chi connectivity index (χ2v) is 2.53. The summed E-state index contributed by atoms with van der Waals surface area (Å²) in [7, 11) is 0. The van der Waals surface area contributed by atoms with Crippen molar-refractivity contribution < 1.29 is 0 Å². The number of rotatable bonds is 0. The molecule has 0 N–H and O–H groups in total. The summed E-state index contributed by atoms with van der Waals surface area (Å²) in [5.41, 5.74) is 0. The molecular weight excluding hydrogens is 126 g/mol. The number of nitrogens with zero attached hydrogens (tertiary/aromatic N) is 3. The first-order valence-electron chi connectivity index (χ1n) is 3.30. The van der Waals surface area contributed by atoms with Gasteiger partial charge in [0, 0.05) is 6.20 Å². The van der Waals surface area contributed by atoms with Crippen molar-refractivity contribution in [2.45, 2.75) is 20.8 Å². The Kier molecular flexibility index (Phi) is 5.53. The quantitative estimate of drug-likeness (QED) is 0.547. The van der Waals surface area contributed by atoms with E-state index >= 15 is 0 Å². The van der Waals surface area contributed by atoms with Gasteiger partial charge in [0.05, 0.1) is 6.20 Å².